The molecule has 460 valence electrons. The van der Waals surface area contributed by atoms with Gasteiger partial charge in [-0.15, -0.1) is 0 Å². The maximum Gasteiger partial charge on any atom is 0.416 e. The second-order valence-electron chi connectivity index (χ2n) is 22.0. The predicted molar refractivity (Wildman–Crippen MR) is 331 cm³/mol. The number of hydrogen-bond acceptors (Lipinski definition) is 15. The standard InChI is InChI=1S/C59H69Cl6N5O14Si/c1-35-44-25-38(36-11-15-40(75-5)16-12-36)31-67(44)52(71)42-27-48(76-6)50(29-45(42)69(35)55(73)82-33-58(60,61)62)80-20-10-21-81-51-30-46-43(28-49(51)77-7)53(72)68-32-39(37-13-17-41(18-14-37)79-24-23-78-22-19-66)26-47(68)54(84-85(8,9)57(2,3)4)70(46)56(74)83-34-59(63,64)65/h11-18,27-32,35,44,47,54H,10,19-26,33-34,66H2,1-9H3/t35-,44?,47?,54-/m1/s1. The first kappa shape index (κ1) is 65.5. The highest BCUT2D eigenvalue weighted by atomic mass is 35.6. The van der Waals surface area contributed by atoms with Crippen LogP contribution >= 0.6 is 69.6 Å². The number of fused-ring (bicyclic) bond motifs is 4. The fraction of sp³-hybridized carbons (Fsp3) is 0.458. The second kappa shape index (κ2) is 27.3. The van der Waals surface area contributed by atoms with E-state index in [-0.39, 0.29) is 76.6 Å². The summed E-state index contributed by atoms with van der Waals surface area (Å²) in [4.78, 5) is 64.7. The zero-order chi connectivity index (χ0) is 61.8. The van der Waals surface area contributed by atoms with Crippen molar-refractivity contribution < 1.29 is 66.2 Å². The van der Waals surface area contributed by atoms with Gasteiger partial charge >= 0.3 is 12.2 Å². The highest BCUT2D eigenvalue weighted by molar-refractivity contribution is 6.74. The number of alkyl halides is 6. The van der Waals surface area contributed by atoms with Crippen LogP contribution < -0.4 is 44.0 Å². The first-order valence-electron chi connectivity index (χ1n) is 27.3. The molecule has 4 heterocycles. The van der Waals surface area contributed by atoms with Crippen LogP contribution in [0.4, 0.5) is 21.0 Å². The first-order chi connectivity index (χ1) is 40.2. The van der Waals surface area contributed by atoms with Gasteiger partial charge in [0, 0.05) is 37.5 Å². The second-order valence-corrected chi connectivity index (χ2v) is 31.7. The van der Waals surface area contributed by atoms with E-state index in [4.69, 9.17) is 122 Å². The molecule has 0 radical (unpaired) electrons. The maximum atomic E-state index is 15.2. The summed E-state index contributed by atoms with van der Waals surface area (Å²) in [7, 11) is 1.63. The van der Waals surface area contributed by atoms with Crippen molar-refractivity contribution in [2.24, 2.45) is 5.73 Å². The Labute approximate surface area is 525 Å². The van der Waals surface area contributed by atoms with Crippen LogP contribution in [0.3, 0.4) is 0 Å². The summed E-state index contributed by atoms with van der Waals surface area (Å²) in [6.45, 7) is 12.5. The molecule has 4 atom stereocenters. The number of halogens is 6. The maximum absolute atomic E-state index is 15.2. The van der Waals surface area contributed by atoms with Gasteiger partial charge in [-0.25, -0.2) is 14.5 Å². The minimum atomic E-state index is -2.82. The summed E-state index contributed by atoms with van der Waals surface area (Å²) in [5.41, 5.74) is 9.38. The van der Waals surface area contributed by atoms with Crippen LogP contribution in [0.2, 0.25) is 18.1 Å². The monoisotopic (exact) mass is 1310 g/mol. The smallest absolute Gasteiger partial charge is 0.416 e. The van der Waals surface area contributed by atoms with Gasteiger partial charge in [-0.1, -0.05) is 115 Å². The Morgan fingerprint density at radius 1 is 0.600 bits per heavy atom. The van der Waals surface area contributed by atoms with Gasteiger partial charge in [-0.3, -0.25) is 14.5 Å². The topological polar surface area (TPSA) is 200 Å². The summed E-state index contributed by atoms with van der Waals surface area (Å²) in [6.07, 6.45) is 1.52. The molecule has 0 aromatic heterocycles. The Bertz CT molecular complexity index is 3150. The van der Waals surface area contributed by atoms with E-state index in [1.165, 1.54) is 42.2 Å². The number of methoxy groups -OCH3 is 3. The summed E-state index contributed by atoms with van der Waals surface area (Å²) >= 11 is 36.6. The Balaban J connectivity index is 1.08. The van der Waals surface area contributed by atoms with E-state index in [1.807, 2.05) is 68.5 Å². The van der Waals surface area contributed by atoms with Crippen molar-refractivity contribution in [1.29, 1.82) is 0 Å². The third-order valence-electron chi connectivity index (χ3n) is 15.3. The van der Waals surface area contributed by atoms with Crippen molar-refractivity contribution in [2.45, 2.75) is 97.0 Å². The number of anilines is 2. The van der Waals surface area contributed by atoms with Gasteiger partial charge in [0.25, 0.3) is 11.8 Å². The van der Waals surface area contributed by atoms with Crippen LogP contribution in [0, 0.1) is 0 Å². The number of amides is 4. The van der Waals surface area contributed by atoms with E-state index < -0.39 is 77.5 Å². The van der Waals surface area contributed by atoms with Crippen molar-refractivity contribution in [3.8, 4) is 34.5 Å². The molecule has 4 aliphatic heterocycles. The molecule has 85 heavy (non-hydrogen) atoms. The lowest BCUT2D eigenvalue weighted by Crippen LogP contribution is -2.58. The highest BCUT2D eigenvalue weighted by Gasteiger charge is 2.52. The number of nitrogens with zero attached hydrogens (tertiary/aromatic N) is 4. The molecule has 0 spiro atoms. The molecular weight excluding hydrogens is 1240 g/mol. The number of rotatable bonds is 21. The molecule has 0 saturated carbocycles. The summed E-state index contributed by atoms with van der Waals surface area (Å²) in [5.74, 6) is 1.19. The third kappa shape index (κ3) is 15.3. The molecule has 0 fully saturated rings. The number of carbonyl (C=O) groups excluding carboxylic acids is 4. The zero-order valence-electron chi connectivity index (χ0n) is 48.5. The van der Waals surface area contributed by atoms with Crippen LogP contribution in [-0.2, 0) is 18.6 Å². The molecular formula is C59H69Cl6N5O14Si. The first-order valence-corrected chi connectivity index (χ1v) is 32.5. The Kier molecular flexibility index (Phi) is 21.0. The number of benzene rings is 4. The molecule has 0 aliphatic carbocycles. The summed E-state index contributed by atoms with van der Waals surface area (Å²) in [5, 5.41) is -0.366. The van der Waals surface area contributed by atoms with Crippen molar-refractivity contribution >= 4 is 124 Å². The fourth-order valence-corrected chi connectivity index (χ4v) is 11.5. The van der Waals surface area contributed by atoms with Gasteiger partial charge in [0.15, 0.2) is 37.5 Å². The molecule has 4 aliphatic rings. The molecule has 4 aromatic rings. The lowest BCUT2D eigenvalue weighted by atomic mass is 9.98. The van der Waals surface area contributed by atoms with Gasteiger partial charge in [-0.2, -0.15) is 0 Å². The predicted octanol–water partition coefficient (Wildman–Crippen LogP) is 12.8. The third-order valence-corrected chi connectivity index (χ3v) is 20.4. The lowest BCUT2D eigenvalue weighted by molar-refractivity contribution is 0.0585. The Morgan fingerprint density at radius 3 is 1.54 bits per heavy atom. The normalized spacial score (nSPS) is 18.7. The van der Waals surface area contributed by atoms with E-state index in [9.17, 15) is 14.4 Å². The van der Waals surface area contributed by atoms with Crippen LogP contribution in [-0.4, -0.2) is 148 Å². The van der Waals surface area contributed by atoms with E-state index in [1.54, 1.807) is 35.4 Å². The SMILES string of the molecule is COc1ccc(C2=CN3C(=O)c4cc(OC)c(OCCCOc5cc6c(cc5OC)C(=O)N5C=C(c7ccc(OCCOCCN)cc7)CC5[C@@H](O[Si](C)(C)C(C)(C)C)N6C(=O)OCC(Cl)(Cl)Cl)cc4N(C(=O)OCC(Cl)(Cl)Cl)[C@H](C)C3C2)cc1. The molecule has 0 bridgehead atoms. The Morgan fingerprint density at radius 2 is 1.07 bits per heavy atom. The van der Waals surface area contributed by atoms with E-state index >= 15 is 4.79 Å². The minimum absolute atomic E-state index is 0.00913. The van der Waals surface area contributed by atoms with Crippen molar-refractivity contribution in [1.82, 2.24) is 9.80 Å². The van der Waals surface area contributed by atoms with E-state index in [2.05, 4.69) is 20.8 Å². The van der Waals surface area contributed by atoms with Gasteiger partial charge in [0.2, 0.25) is 7.59 Å². The lowest BCUT2D eigenvalue weighted by Gasteiger charge is -2.44. The fourth-order valence-electron chi connectivity index (χ4n) is 9.99. The van der Waals surface area contributed by atoms with Gasteiger partial charge < -0.3 is 62.6 Å². The summed E-state index contributed by atoms with van der Waals surface area (Å²) < 4.78 is 55.7. The van der Waals surface area contributed by atoms with Crippen LogP contribution in [0.15, 0.2) is 85.2 Å². The quantitative estimate of drug-likeness (QED) is 0.0469. The number of ether oxygens (including phenoxy) is 9. The van der Waals surface area contributed by atoms with Crippen molar-refractivity contribution in [3.05, 3.63) is 107 Å². The van der Waals surface area contributed by atoms with Gasteiger partial charge in [-0.05, 0) is 96.6 Å². The molecule has 19 nitrogen and oxygen atoms in total. The largest absolute Gasteiger partial charge is 0.497 e. The number of nitrogens with two attached hydrogens (primary N) is 1. The van der Waals surface area contributed by atoms with Crippen molar-refractivity contribution in [2.75, 3.05) is 83.9 Å². The van der Waals surface area contributed by atoms with Crippen LogP contribution in [0.25, 0.3) is 11.1 Å². The number of hydrogen-bond donors (Lipinski definition) is 1. The average Bonchev–Trinajstić information content (AvgIpc) is 1.69. The van der Waals surface area contributed by atoms with Gasteiger partial charge in [0.05, 0.1) is 88.4 Å². The van der Waals surface area contributed by atoms with E-state index in [0.717, 1.165) is 22.3 Å². The molecule has 26 heteroatoms. The number of carbonyl (C=O) groups is 4. The molecule has 2 unspecified atom stereocenters. The molecule has 0 saturated heterocycles. The summed E-state index contributed by atoms with van der Waals surface area (Å²) in [6, 6.07) is 19.1. The van der Waals surface area contributed by atoms with E-state index in [0.29, 0.717) is 44.3 Å². The van der Waals surface area contributed by atoms with Crippen molar-refractivity contribution in [3.63, 3.8) is 0 Å². The van der Waals surface area contributed by atoms with Crippen LogP contribution in [0.1, 0.15) is 78.8 Å². The molecule has 4 amide bonds. The molecule has 4 aromatic carbocycles. The molecule has 8 rings (SSSR count). The molecule has 2 N–H and O–H groups in total. The highest BCUT2D eigenvalue weighted by Crippen LogP contribution is 2.48. The average molecular weight is 1310 g/mol. The minimum Gasteiger partial charge on any atom is -0.497 e. The Hall–Kier alpha value is -5.52. The zero-order valence-corrected chi connectivity index (χ0v) is 54.1. The van der Waals surface area contributed by atoms with Crippen LogP contribution in [0.5, 0.6) is 34.5 Å². The van der Waals surface area contributed by atoms with Gasteiger partial charge in [0.1, 0.15) is 31.3 Å².